The van der Waals surface area contributed by atoms with Crippen molar-refractivity contribution < 1.29 is 19.4 Å². The summed E-state index contributed by atoms with van der Waals surface area (Å²) in [6, 6.07) is 21.8. The van der Waals surface area contributed by atoms with Gasteiger partial charge in [0, 0.05) is 10.5 Å². The van der Waals surface area contributed by atoms with Crippen molar-refractivity contribution in [3.05, 3.63) is 99.8 Å². The predicted octanol–water partition coefficient (Wildman–Crippen LogP) is 4.59. The largest absolute Gasteiger partial charge is 0.481 e. The van der Waals surface area contributed by atoms with Gasteiger partial charge in [-0.25, -0.2) is 4.79 Å². The van der Waals surface area contributed by atoms with E-state index in [9.17, 15) is 14.7 Å². The summed E-state index contributed by atoms with van der Waals surface area (Å²) in [5, 5.41) is 11.9. The lowest BCUT2D eigenvalue weighted by molar-refractivity contribution is -0.142. The second-order valence-corrected chi connectivity index (χ2v) is 6.75. The highest BCUT2D eigenvalue weighted by atomic mass is 32.1. The van der Waals surface area contributed by atoms with Crippen LogP contribution in [0.25, 0.3) is 5.57 Å². The van der Waals surface area contributed by atoms with Gasteiger partial charge in [-0.05, 0) is 22.6 Å². The zero-order valence-corrected chi connectivity index (χ0v) is 15.5. The minimum atomic E-state index is -1.14. The van der Waals surface area contributed by atoms with Gasteiger partial charge in [0.2, 0.25) is 0 Å². The van der Waals surface area contributed by atoms with Crippen molar-refractivity contribution in [3.8, 4) is 0 Å². The Bertz CT molecular complexity index is 945. The van der Waals surface area contributed by atoms with Crippen LogP contribution >= 0.6 is 11.3 Å². The number of carbonyl (C=O) groups is 2. The number of rotatable bonds is 6. The molecule has 27 heavy (non-hydrogen) atoms. The average Bonchev–Trinajstić information content (AvgIpc) is 3.22. The van der Waals surface area contributed by atoms with Gasteiger partial charge in [0.25, 0.3) is 0 Å². The third-order valence-corrected chi connectivity index (χ3v) is 5.06. The number of hydrogen-bond donors (Lipinski definition) is 1. The summed E-state index contributed by atoms with van der Waals surface area (Å²) in [5.74, 6) is -2.90. The van der Waals surface area contributed by atoms with Crippen LogP contribution in [-0.2, 0) is 14.3 Å². The van der Waals surface area contributed by atoms with Crippen molar-refractivity contribution in [2.75, 3.05) is 7.11 Å². The molecule has 0 amide bonds. The fourth-order valence-electron chi connectivity index (χ4n) is 3.01. The molecule has 0 saturated heterocycles. The first-order valence-electron chi connectivity index (χ1n) is 8.33. The van der Waals surface area contributed by atoms with Crippen LogP contribution in [0.4, 0.5) is 0 Å². The van der Waals surface area contributed by atoms with Gasteiger partial charge in [0.15, 0.2) is 0 Å². The van der Waals surface area contributed by atoms with E-state index in [1.54, 1.807) is 30.3 Å². The maximum atomic E-state index is 12.8. The second kappa shape index (κ2) is 8.47. The summed E-state index contributed by atoms with van der Waals surface area (Å²) < 4.78 is 5.01. The van der Waals surface area contributed by atoms with E-state index in [4.69, 9.17) is 4.74 Å². The van der Waals surface area contributed by atoms with Crippen molar-refractivity contribution >= 4 is 28.8 Å². The molecule has 3 rings (SSSR count). The molecule has 5 heteroatoms. The molecule has 0 aliphatic heterocycles. The smallest absolute Gasteiger partial charge is 0.335 e. The quantitative estimate of drug-likeness (QED) is 0.503. The number of carboxylic acids is 1. The maximum absolute atomic E-state index is 12.8. The van der Waals surface area contributed by atoms with E-state index in [1.165, 1.54) is 18.4 Å². The molecule has 136 valence electrons. The Balaban J connectivity index is 2.36. The lowest BCUT2D eigenvalue weighted by Gasteiger charge is -2.20. The maximum Gasteiger partial charge on any atom is 0.335 e. The van der Waals surface area contributed by atoms with Gasteiger partial charge < -0.3 is 9.84 Å². The van der Waals surface area contributed by atoms with Crippen molar-refractivity contribution in [1.29, 1.82) is 0 Å². The summed E-state index contributed by atoms with van der Waals surface area (Å²) in [6.45, 7) is 0. The molecule has 3 aromatic rings. The Kier molecular flexibility index (Phi) is 5.84. The number of carboxylic acid groups (broad SMARTS) is 1. The van der Waals surface area contributed by atoms with E-state index in [0.717, 1.165) is 10.4 Å². The highest BCUT2D eigenvalue weighted by Crippen LogP contribution is 2.37. The van der Waals surface area contributed by atoms with E-state index in [1.807, 2.05) is 47.8 Å². The molecule has 0 aliphatic rings. The number of hydrogen-bond acceptors (Lipinski definition) is 4. The average molecular weight is 378 g/mol. The van der Waals surface area contributed by atoms with E-state index in [-0.39, 0.29) is 5.57 Å². The molecule has 4 nitrogen and oxygen atoms in total. The number of thiophene rings is 1. The van der Waals surface area contributed by atoms with E-state index in [0.29, 0.717) is 11.1 Å². The first kappa shape index (κ1) is 18.6. The topological polar surface area (TPSA) is 63.6 Å². The molecule has 1 aromatic heterocycles. The van der Waals surface area contributed by atoms with Gasteiger partial charge in [-0.1, -0.05) is 66.7 Å². The number of esters is 1. The Hall–Kier alpha value is -3.18. The van der Waals surface area contributed by atoms with Gasteiger partial charge >= 0.3 is 11.9 Å². The van der Waals surface area contributed by atoms with Crippen LogP contribution in [0.15, 0.2) is 83.7 Å². The van der Waals surface area contributed by atoms with Crippen LogP contribution in [0.1, 0.15) is 21.9 Å². The SMILES string of the molecule is COC(=O)/C(=C(/c1ccccc1)c1cccs1)C(C(=O)O)c1ccccc1. The number of ether oxygens (including phenoxy) is 1. The molecule has 2 aromatic carbocycles. The van der Waals surface area contributed by atoms with Gasteiger partial charge in [0.05, 0.1) is 12.7 Å². The zero-order valence-electron chi connectivity index (χ0n) is 14.7. The fourth-order valence-corrected chi connectivity index (χ4v) is 3.82. The molecular weight excluding hydrogens is 360 g/mol. The normalized spacial score (nSPS) is 12.8. The summed E-state index contributed by atoms with van der Waals surface area (Å²) in [6.07, 6.45) is 0. The third-order valence-electron chi connectivity index (χ3n) is 4.17. The Labute approximate surface area is 161 Å². The number of methoxy groups -OCH3 is 1. The van der Waals surface area contributed by atoms with Crippen molar-refractivity contribution in [3.63, 3.8) is 0 Å². The zero-order chi connectivity index (χ0) is 19.2. The molecule has 1 N–H and O–H groups in total. The summed E-state index contributed by atoms with van der Waals surface area (Å²) in [7, 11) is 1.27. The lowest BCUT2D eigenvalue weighted by atomic mass is 9.85. The first-order valence-corrected chi connectivity index (χ1v) is 9.21. The first-order chi connectivity index (χ1) is 13.1. The van der Waals surface area contributed by atoms with E-state index < -0.39 is 17.9 Å². The van der Waals surface area contributed by atoms with Gasteiger partial charge in [-0.2, -0.15) is 0 Å². The van der Waals surface area contributed by atoms with Crippen molar-refractivity contribution in [2.45, 2.75) is 5.92 Å². The molecule has 1 unspecified atom stereocenters. The Morgan fingerprint density at radius 2 is 1.56 bits per heavy atom. The fraction of sp³-hybridized carbons (Fsp3) is 0.0909. The molecule has 0 fully saturated rings. The predicted molar refractivity (Wildman–Crippen MR) is 106 cm³/mol. The number of benzene rings is 2. The molecule has 0 saturated carbocycles. The molecule has 0 radical (unpaired) electrons. The Morgan fingerprint density at radius 3 is 2.07 bits per heavy atom. The molecular formula is C22H18O4S. The van der Waals surface area contributed by atoms with Crippen LogP contribution in [-0.4, -0.2) is 24.2 Å². The number of carbonyl (C=O) groups excluding carboxylic acids is 1. The van der Waals surface area contributed by atoms with E-state index >= 15 is 0 Å². The van der Waals surface area contributed by atoms with Gasteiger partial charge in [0.1, 0.15) is 5.92 Å². The van der Waals surface area contributed by atoms with Crippen molar-refractivity contribution in [1.82, 2.24) is 0 Å². The van der Waals surface area contributed by atoms with Crippen LogP contribution in [0.5, 0.6) is 0 Å². The van der Waals surface area contributed by atoms with Crippen LogP contribution in [0.2, 0.25) is 0 Å². The molecule has 1 heterocycles. The summed E-state index contributed by atoms with van der Waals surface area (Å²) in [4.78, 5) is 25.8. The highest BCUT2D eigenvalue weighted by Gasteiger charge is 2.34. The minimum absolute atomic E-state index is 0.116. The molecule has 0 spiro atoms. The van der Waals surface area contributed by atoms with Crippen molar-refractivity contribution in [2.24, 2.45) is 0 Å². The lowest BCUT2D eigenvalue weighted by Crippen LogP contribution is -2.22. The standard InChI is InChI=1S/C22H18O4S/c1-26-22(25)20(19(21(23)24)16-11-6-3-7-12-16)18(17-13-8-14-27-17)15-9-4-2-5-10-15/h2-14,19H,1H3,(H,23,24)/b20-18-. The van der Waals surface area contributed by atoms with Gasteiger partial charge in [-0.3, -0.25) is 4.79 Å². The molecule has 1 atom stereocenters. The second-order valence-electron chi connectivity index (χ2n) is 5.81. The van der Waals surface area contributed by atoms with Crippen LogP contribution in [0.3, 0.4) is 0 Å². The highest BCUT2D eigenvalue weighted by molar-refractivity contribution is 7.11. The molecule has 0 aliphatic carbocycles. The summed E-state index contributed by atoms with van der Waals surface area (Å²) >= 11 is 1.45. The Morgan fingerprint density at radius 1 is 0.926 bits per heavy atom. The van der Waals surface area contributed by atoms with Gasteiger partial charge in [-0.15, -0.1) is 11.3 Å². The number of aliphatic carboxylic acids is 1. The van der Waals surface area contributed by atoms with Crippen LogP contribution < -0.4 is 0 Å². The molecule has 0 bridgehead atoms. The monoisotopic (exact) mass is 378 g/mol. The third kappa shape index (κ3) is 3.99. The van der Waals surface area contributed by atoms with E-state index in [2.05, 4.69) is 0 Å². The van der Waals surface area contributed by atoms with Crippen LogP contribution in [0, 0.1) is 0 Å². The summed E-state index contributed by atoms with van der Waals surface area (Å²) in [5.41, 5.74) is 1.98. The minimum Gasteiger partial charge on any atom is -0.481 e.